The molecule has 0 aromatic heterocycles. The predicted molar refractivity (Wildman–Crippen MR) is 76.3 cm³/mol. The van der Waals surface area contributed by atoms with Crippen LogP contribution in [0, 0.1) is 11.5 Å². The normalized spacial score (nSPS) is 8.39. The van der Waals surface area contributed by atoms with Gasteiger partial charge in [0.05, 0.1) is 6.61 Å². The number of carbonyl (C=O) groups excluding carboxylic acids is 1. The third-order valence-corrected chi connectivity index (χ3v) is 1.21. The second-order valence-corrected chi connectivity index (χ2v) is 2.82. The van der Waals surface area contributed by atoms with Crippen LogP contribution in [0.25, 0.3) is 0 Å². The number of hydrogen-bond donors (Lipinski definition) is 1. The van der Waals surface area contributed by atoms with E-state index in [1.807, 2.05) is 31.2 Å². The van der Waals surface area contributed by atoms with Crippen molar-refractivity contribution in [3.8, 4) is 6.26 Å². The van der Waals surface area contributed by atoms with Gasteiger partial charge in [0.2, 0.25) is 0 Å². The summed E-state index contributed by atoms with van der Waals surface area (Å²) in [5.41, 5.74) is 0. The van der Waals surface area contributed by atoms with Crippen LogP contribution in [-0.4, -0.2) is 18.5 Å². The van der Waals surface area contributed by atoms with Crippen LogP contribution in [0.1, 0.15) is 20.8 Å². The maximum Gasteiger partial charge on any atom is 0.313 e. The lowest BCUT2D eigenvalue weighted by atomic mass is 10.4. The van der Waals surface area contributed by atoms with E-state index in [0.717, 1.165) is 0 Å². The van der Waals surface area contributed by atoms with Crippen LogP contribution < -0.4 is 5.32 Å². The lowest BCUT2D eigenvalue weighted by molar-refractivity contribution is 0.260. The van der Waals surface area contributed by atoms with Gasteiger partial charge in [0.15, 0.2) is 0 Å². The maximum absolute atomic E-state index is 9.70. The Morgan fingerprint density at radius 2 is 2.06 bits per heavy atom. The number of nitriles is 1. The Bertz CT molecular complexity index is 281. The molecule has 5 heteroatoms. The Balaban J connectivity index is -0.000000190. The molecular formula is C13H21ClN2O2. The lowest BCUT2D eigenvalue weighted by Gasteiger charge is -1.86. The minimum absolute atomic E-state index is 0.483. The molecule has 0 atom stereocenters. The van der Waals surface area contributed by atoms with E-state index in [9.17, 15) is 4.79 Å². The van der Waals surface area contributed by atoms with Gasteiger partial charge in [-0.05, 0) is 32.4 Å². The highest BCUT2D eigenvalue weighted by Gasteiger charge is 1.82. The Labute approximate surface area is 115 Å². The zero-order valence-corrected chi connectivity index (χ0v) is 11.9. The van der Waals surface area contributed by atoms with Crippen LogP contribution in [0.5, 0.6) is 0 Å². The number of amides is 1. The highest BCUT2D eigenvalue weighted by Crippen LogP contribution is 1.74. The molecule has 0 aromatic carbocycles. The highest BCUT2D eigenvalue weighted by molar-refractivity contribution is 6.62. The van der Waals surface area contributed by atoms with Gasteiger partial charge in [-0.1, -0.05) is 37.0 Å². The highest BCUT2D eigenvalue weighted by atomic mass is 35.5. The van der Waals surface area contributed by atoms with E-state index in [2.05, 4.69) is 16.6 Å². The summed E-state index contributed by atoms with van der Waals surface area (Å²) in [6.07, 6.45) is 11.0. The molecule has 0 spiro atoms. The lowest BCUT2D eigenvalue weighted by Crippen LogP contribution is -2.14. The average molecular weight is 273 g/mol. The number of halogens is 1. The first kappa shape index (κ1) is 21.5. The molecule has 1 amide bonds. The van der Waals surface area contributed by atoms with E-state index in [0.29, 0.717) is 13.2 Å². The summed E-state index contributed by atoms with van der Waals surface area (Å²) in [5.74, 6) is 0. The number of ether oxygens (including phenoxy) is 1. The topological polar surface area (TPSA) is 62.1 Å². The van der Waals surface area contributed by atoms with Crippen molar-refractivity contribution < 1.29 is 9.53 Å². The van der Waals surface area contributed by atoms with E-state index in [4.69, 9.17) is 16.9 Å². The molecule has 0 fully saturated rings. The van der Waals surface area contributed by atoms with Gasteiger partial charge in [0.25, 0.3) is 6.26 Å². The number of nitrogens with one attached hydrogen (secondary N) is 1. The Morgan fingerprint density at radius 1 is 1.44 bits per heavy atom. The molecule has 102 valence electrons. The smallest absolute Gasteiger partial charge is 0.313 e. The Kier molecular flexibility index (Phi) is 29.3. The van der Waals surface area contributed by atoms with Gasteiger partial charge in [-0.15, -0.1) is 0 Å². The van der Waals surface area contributed by atoms with E-state index in [-0.39, 0.29) is 0 Å². The monoisotopic (exact) mass is 272 g/mol. The fraction of sp³-hybridized carbons (Fsp3) is 0.385. The first-order chi connectivity index (χ1) is 8.60. The summed E-state index contributed by atoms with van der Waals surface area (Å²) < 4.78 is 4.14. The molecule has 18 heavy (non-hydrogen) atoms. The molecule has 0 saturated heterocycles. The first-order valence-electron chi connectivity index (χ1n) is 5.45. The number of hydrogen-bond acceptors (Lipinski definition) is 3. The van der Waals surface area contributed by atoms with E-state index >= 15 is 0 Å². The molecule has 0 saturated carbocycles. The molecule has 0 unspecified atom stereocenters. The SMILES string of the molecule is C=C/C=C\C=C/C.CCNC(=O)Cl.CCOC#N. The van der Waals surface area contributed by atoms with Crippen LogP contribution in [0.2, 0.25) is 0 Å². The third-order valence-electron chi connectivity index (χ3n) is 1.08. The molecule has 1 N–H and O–H groups in total. The Morgan fingerprint density at radius 3 is 2.22 bits per heavy atom. The van der Waals surface area contributed by atoms with Crippen molar-refractivity contribution in [2.45, 2.75) is 20.8 Å². The van der Waals surface area contributed by atoms with Crippen molar-refractivity contribution in [1.82, 2.24) is 5.32 Å². The molecule has 0 aliphatic carbocycles. The van der Waals surface area contributed by atoms with Crippen LogP contribution in [0.15, 0.2) is 37.0 Å². The Hall–Kier alpha value is -1.73. The predicted octanol–water partition coefficient (Wildman–Crippen LogP) is 3.76. The van der Waals surface area contributed by atoms with Gasteiger partial charge in [0.1, 0.15) is 0 Å². The summed E-state index contributed by atoms with van der Waals surface area (Å²) in [6.45, 7) is 10.1. The van der Waals surface area contributed by atoms with E-state index in [1.54, 1.807) is 19.9 Å². The number of carbonyl (C=O) groups is 1. The quantitative estimate of drug-likeness (QED) is 0.367. The summed E-state index contributed by atoms with van der Waals surface area (Å²) in [4.78, 5) is 9.70. The van der Waals surface area contributed by atoms with Crippen molar-refractivity contribution in [3.63, 3.8) is 0 Å². The average Bonchev–Trinajstić information content (AvgIpc) is 2.32. The molecule has 0 heterocycles. The second kappa shape index (κ2) is 24.5. The fourth-order valence-electron chi connectivity index (χ4n) is 0.457. The van der Waals surface area contributed by atoms with Crippen LogP contribution in [-0.2, 0) is 4.74 Å². The van der Waals surface area contributed by atoms with E-state index < -0.39 is 5.37 Å². The summed E-state index contributed by atoms with van der Waals surface area (Å²) >= 11 is 4.83. The zero-order chi connectivity index (χ0) is 14.6. The minimum Gasteiger partial charge on any atom is -0.428 e. The van der Waals surface area contributed by atoms with Crippen molar-refractivity contribution in [2.24, 2.45) is 0 Å². The standard InChI is InChI=1S/C7H10.C3H6ClNO.C3H5NO/c1-3-5-7-6-4-2;1-2-5-3(4)6;1-2-5-3-4/h3-7H,1H2,2H3;2H2,1H3,(H,5,6);2H2,1H3/b6-4-,7-5-;;. The molecule has 4 nitrogen and oxygen atoms in total. The van der Waals surface area contributed by atoms with Crippen molar-refractivity contribution in [3.05, 3.63) is 37.0 Å². The largest absolute Gasteiger partial charge is 0.428 e. The van der Waals surface area contributed by atoms with Gasteiger partial charge in [-0.2, -0.15) is 5.26 Å². The molecule has 0 bridgehead atoms. The number of rotatable bonds is 4. The fourth-order valence-corrected chi connectivity index (χ4v) is 0.591. The molecule has 0 radical (unpaired) electrons. The summed E-state index contributed by atoms with van der Waals surface area (Å²) in [6, 6.07) is 0. The van der Waals surface area contributed by atoms with E-state index in [1.165, 1.54) is 6.26 Å². The third kappa shape index (κ3) is 47.5. The van der Waals surface area contributed by atoms with Gasteiger partial charge in [-0.25, -0.2) is 0 Å². The van der Waals surface area contributed by atoms with Gasteiger partial charge in [0, 0.05) is 6.54 Å². The van der Waals surface area contributed by atoms with Gasteiger partial charge >= 0.3 is 5.37 Å². The zero-order valence-electron chi connectivity index (χ0n) is 11.1. The minimum atomic E-state index is -0.488. The van der Waals surface area contributed by atoms with Crippen LogP contribution in [0.3, 0.4) is 0 Å². The molecule has 0 aliphatic rings. The van der Waals surface area contributed by atoms with Crippen molar-refractivity contribution in [2.75, 3.05) is 13.2 Å². The first-order valence-corrected chi connectivity index (χ1v) is 5.82. The number of nitrogens with zero attached hydrogens (tertiary/aromatic N) is 1. The van der Waals surface area contributed by atoms with Crippen molar-refractivity contribution in [1.29, 1.82) is 5.26 Å². The van der Waals surface area contributed by atoms with Crippen molar-refractivity contribution >= 4 is 17.0 Å². The number of allylic oxidation sites excluding steroid dienone is 5. The molecular weight excluding hydrogens is 252 g/mol. The summed E-state index contributed by atoms with van der Waals surface area (Å²) in [7, 11) is 0. The van der Waals surface area contributed by atoms with Gasteiger partial charge < -0.3 is 10.1 Å². The maximum atomic E-state index is 9.70. The molecule has 0 aliphatic heterocycles. The van der Waals surface area contributed by atoms with Crippen LogP contribution >= 0.6 is 11.6 Å². The van der Waals surface area contributed by atoms with Gasteiger partial charge in [-0.3, -0.25) is 4.79 Å². The molecule has 0 aromatic rings. The summed E-state index contributed by atoms with van der Waals surface area (Å²) in [5, 5.41) is 9.44. The molecule has 0 rings (SSSR count). The second-order valence-electron chi connectivity index (χ2n) is 2.47. The van der Waals surface area contributed by atoms with Crippen LogP contribution in [0.4, 0.5) is 4.79 Å².